The van der Waals surface area contributed by atoms with Crippen LogP contribution in [0, 0.1) is 3.57 Å². The number of hydrogen-bond donors (Lipinski definition) is 2. The van der Waals surface area contributed by atoms with Gasteiger partial charge in [0.15, 0.2) is 0 Å². The molecule has 4 N–H and O–H groups in total. The van der Waals surface area contributed by atoms with Gasteiger partial charge in [-0.1, -0.05) is 0 Å². The van der Waals surface area contributed by atoms with Crippen molar-refractivity contribution >= 4 is 42.0 Å². The first kappa shape index (κ1) is 21.4. The van der Waals surface area contributed by atoms with Crippen LogP contribution in [0.2, 0.25) is 0 Å². The molecule has 0 aliphatic carbocycles. The summed E-state index contributed by atoms with van der Waals surface area (Å²) in [6.45, 7) is 7.48. The molecule has 0 saturated carbocycles. The lowest BCUT2D eigenvalue weighted by Crippen LogP contribution is -2.15. The number of rotatable bonds is 10. The van der Waals surface area contributed by atoms with E-state index in [1.807, 2.05) is 22.6 Å². The number of hydrogen-bond acceptors (Lipinski definition) is 9. The van der Waals surface area contributed by atoms with Crippen LogP contribution in [0.3, 0.4) is 0 Å². The average molecular weight is 474 g/mol. The summed E-state index contributed by atoms with van der Waals surface area (Å²) >= 11 is 1.97. The van der Waals surface area contributed by atoms with Crippen LogP contribution in [0.5, 0.6) is 5.88 Å². The van der Waals surface area contributed by atoms with Gasteiger partial charge in [0.05, 0.1) is 18.8 Å². The van der Waals surface area contributed by atoms with Crippen LogP contribution in [0.15, 0.2) is 0 Å². The van der Waals surface area contributed by atoms with Crippen molar-refractivity contribution in [1.82, 2.24) is 9.97 Å². The number of aromatic nitrogens is 2. The Morgan fingerprint density at radius 2 is 1.67 bits per heavy atom. The van der Waals surface area contributed by atoms with Crippen molar-refractivity contribution in [2.75, 3.05) is 31.0 Å². The first-order chi connectivity index (χ1) is 11.1. The largest absolute Gasteiger partial charge is 0.474 e. The van der Waals surface area contributed by atoms with E-state index in [9.17, 15) is 4.57 Å². The second kappa shape index (κ2) is 9.71. The summed E-state index contributed by atoms with van der Waals surface area (Å²) < 4.78 is 34.7. The van der Waals surface area contributed by atoms with Crippen LogP contribution < -0.4 is 16.2 Å². The molecule has 0 bridgehead atoms. The molecule has 1 rings (SSSR count). The van der Waals surface area contributed by atoms with Gasteiger partial charge in [-0.05, 0) is 50.3 Å². The molecule has 0 atom stereocenters. The maximum absolute atomic E-state index is 12.5. The molecule has 0 fully saturated rings. The average Bonchev–Trinajstić information content (AvgIpc) is 2.41. The normalized spacial score (nSPS) is 12.1. The first-order valence-electron chi connectivity index (χ1n) is 7.38. The molecule has 0 spiro atoms. The number of nitrogens with two attached hydrogens (primary N) is 2. The molecule has 1 aromatic heterocycles. The van der Waals surface area contributed by atoms with Crippen LogP contribution in [-0.4, -0.2) is 41.7 Å². The fourth-order valence-corrected chi connectivity index (χ4v) is 3.86. The predicted molar refractivity (Wildman–Crippen MR) is 99.9 cm³/mol. The Morgan fingerprint density at radius 3 is 2.21 bits per heavy atom. The Morgan fingerprint density at radius 1 is 1.08 bits per heavy atom. The minimum Gasteiger partial charge on any atom is -0.474 e. The molecule has 0 unspecified atom stereocenters. The van der Waals surface area contributed by atoms with E-state index in [0.717, 1.165) is 0 Å². The fraction of sp³-hybridized carbons (Fsp3) is 0.692. The number of ether oxygens (including phenoxy) is 2. The van der Waals surface area contributed by atoms with Gasteiger partial charge >= 0.3 is 7.60 Å². The van der Waals surface area contributed by atoms with Crippen LogP contribution in [0.1, 0.15) is 27.7 Å². The van der Waals surface area contributed by atoms with Crippen LogP contribution in [-0.2, 0) is 18.3 Å². The molecule has 1 aromatic rings. The van der Waals surface area contributed by atoms with Gasteiger partial charge in [-0.2, -0.15) is 9.97 Å². The van der Waals surface area contributed by atoms with Crippen molar-refractivity contribution in [2.45, 2.75) is 39.9 Å². The van der Waals surface area contributed by atoms with Gasteiger partial charge in [-0.3, -0.25) is 4.57 Å². The molecule has 138 valence electrons. The van der Waals surface area contributed by atoms with Crippen LogP contribution in [0.4, 0.5) is 11.8 Å². The van der Waals surface area contributed by atoms with Crippen LogP contribution >= 0.6 is 30.2 Å². The monoisotopic (exact) mass is 474 g/mol. The van der Waals surface area contributed by atoms with Crippen molar-refractivity contribution < 1.29 is 23.1 Å². The second-order valence-corrected chi connectivity index (χ2v) is 8.37. The molecule has 0 amide bonds. The summed E-state index contributed by atoms with van der Waals surface area (Å²) in [5.74, 6) is 0.562. The van der Waals surface area contributed by atoms with Gasteiger partial charge < -0.3 is 30.0 Å². The zero-order chi connectivity index (χ0) is 18.3. The Kier molecular flexibility index (Phi) is 8.65. The van der Waals surface area contributed by atoms with E-state index in [1.54, 1.807) is 27.7 Å². The summed E-state index contributed by atoms with van der Waals surface area (Å²) in [4.78, 5) is 7.78. The second-order valence-electron chi connectivity index (χ2n) is 5.39. The Balaban J connectivity index is 2.48. The van der Waals surface area contributed by atoms with Gasteiger partial charge in [-0.25, -0.2) is 0 Å². The van der Waals surface area contributed by atoms with E-state index >= 15 is 0 Å². The molecular formula is C13H24IN4O5P. The van der Waals surface area contributed by atoms with Crippen molar-refractivity contribution in [2.24, 2.45) is 0 Å². The molecular weight excluding hydrogens is 450 g/mol. The SMILES string of the molecule is CC(C)OP(=O)(COCCOc1nc(N)nc(N)c1I)OC(C)C. The molecule has 24 heavy (non-hydrogen) atoms. The Labute approximate surface area is 155 Å². The first-order valence-corrected chi connectivity index (χ1v) is 10.2. The minimum atomic E-state index is -3.31. The molecule has 9 nitrogen and oxygen atoms in total. The van der Waals surface area contributed by atoms with Gasteiger partial charge in [0.25, 0.3) is 0 Å². The van der Waals surface area contributed by atoms with E-state index in [-0.39, 0.29) is 49.4 Å². The number of nitrogens with zero attached hydrogens (tertiary/aromatic N) is 2. The summed E-state index contributed by atoms with van der Waals surface area (Å²) in [6, 6.07) is 0. The van der Waals surface area contributed by atoms with Crippen molar-refractivity contribution in [3.63, 3.8) is 0 Å². The minimum absolute atomic E-state index is 0.0315. The topological polar surface area (TPSA) is 132 Å². The van der Waals surface area contributed by atoms with Crippen molar-refractivity contribution in [3.05, 3.63) is 3.57 Å². The van der Waals surface area contributed by atoms with E-state index < -0.39 is 7.60 Å². The van der Waals surface area contributed by atoms with Gasteiger partial charge in [0.1, 0.15) is 22.3 Å². The quantitative estimate of drug-likeness (QED) is 0.298. The third-order valence-electron chi connectivity index (χ3n) is 2.32. The van der Waals surface area contributed by atoms with Gasteiger partial charge in [-0.15, -0.1) is 0 Å². The third kappa shape index (κ3) is 7.47. The molecule has 0 radical (unpaired) electrons. The lowest BCUT2D eigenvalue weighted by Gasteiger charge is -2.22. The molecule has 0 aromatic carbocycles. The lowest BCUT2D eigenvalue weighted by molar-refractivity contribution is 0.0843. The highest BCUT2D eigenvalue weighted by Crippen LogP contribution is 2.50. The molecule has 1 heterocycles. The molecule has 0 aliphatic rings. The van der Waals surface area contributed by atoms with Crippen molar-refractivity contribution in [1.29, 1.82) is 0 Å². The Hall–Kier alpha value is -0.680. The fourth-order valence-electron chi connectivity index (χ4n) is 1.66. The standard InChI is InChI=1S/C13H24IN4O5P/c1-8(2)22-24(19,23-9(3)4)7-20-5-6-21-12-10(14)11(15)17-13(16)18-12/h8-9H,5-7H2,1-4H3,(H4,15,16,17,18). The Bertz CT molecular complexity index is 574. The maximum Gasteiger partial charge on any atom is 0.356 e. The summed E-state index contributed by atoms with van der Waals surface area (Å²) in [6.07, 6.45) is -0.622. The number of nitrogen functional groups attached to an aromatic ring is 2. The zero-order valence-electron chi connectivity index (χ0n) is 14.2. The van der Waals surface area contributed by atoms with Crippen LogP contribution in [0.25, 0.3) is 0 Å². The zero-order valence-corrected chi connectivity index (χ0v) is 17.2. The summed E-state index contributed by atoms with van der Waals surface area (Å²) in [7, 11) is -3.31. The van der Waals surface area contributed by atoms with Gasteiger partial charge in [0, 0.05) is 0 Å². The molecule has 11 heteroatoms. The highest BCUT2D eigenvalue weighted by atomic mass is 127. The molecule has 0 saturated heterocycles. The molecule has 0 aliphatic heterocycles. The van der Waals surface area contributed by atoms with E-state index in [2.05, 4.69) is 9.97 Å². The lowest BCUT2D eigenvalue weighted by atomic mass is 10.5. The smallest absolute Gasteiger partial charge is 0.356 e. The van der Waals surface area contributed by atoms with Crippen molar-refractivity contribution in [3.8, 4) is 5.88 Å². The summed E-state index contributed by atoms with van der Waals surface area (Å²) in [5, 5.41) is 0. The highest BCUT2D eigenvalue weighted by molar-refractivity contribution is 14.1. The summed E-state index contributed by atoms with van der Waals surface area (Å²) in [5.41, 5.74) is 11.2. The van der Waals surface area contributed by atoms with E-state index in [1.165, 1.54) is 0 Å². The number of anilines is 2. The van der Waals surface area contributed by atoms with E-state index in [4.69, 9.17) is 30.0 Å². The predicted octanol–water partition coefficient (Wildman–Crippen LogP) is 2.64. The highest BCUT2D eigenvalue weighted by Gasteiger charge is 2.28. The maximum atomic E-state index is 12.5. The van der Waals surface area contributed by atoms with Gasteiger partial charge in [0.2, 0.25) is 11.8 Å². The third-order valence-corrected chi connectivity index (χ3v) is 5.32. The van der Waals surface area contributed by atoms with E-state index in [0.29, 0.717) is 3.57 Å². The number of halogens is 1.